The third-order valence-electron chi connectivity index (χ3n) is 3.75. The van der Waals surface area contributed by atoms with Gasteiger partial charge in [-0.25, -0.2) is 9.18 Å². The second kappa shape index (κ2) is 8.12. The minimum Gasteiger partial charge on any atom is -0.489 e. The Morgan fingerprint density at radius 2 is 1.82 bits per heavy atom. The molecule has 3 aromatic rings. The van der Waals surface area contributed by atoms with E-state index >= 15 is 0 Å². The summed E-state index contributed by atoms with van der Waals surface area (Å²) in [6.45, 7) is 0.236. The monoisotopic (exact) mass is 383 g/mol. The minimum absolute atomic E-state index is 0.212. The lowest BCUT2D eigenvalue weighted by Crippen LogP contribution is -2.25. The first kappa shape index (κ1) is 18.8. The fourth-order valence-corrected chi connectivity index (χ4v) is 2.43. The highest BCUT2D eigenvalue weighted by Gasteiger charge is 2.18. The van der Waals surface area contributed by atoms with Crippen LogP contribution in [0.5, 0.6) is 5.75 Å². The largest absolute Gasteiger partial charge is 0.489 e. The molecule has 0 aliphatic heterocycles. The molecule has 0 atom stereocenters. The topological polar surface area (TPSA) is 118 Å². The number of ether oxygens (including phenoxy) is 1. The maximum absolute atomic E-state index is 12.9. The Morgan fingerprint density at radius 1 is 1.07 bits per heavy atom. The number of halogens is 1. The lowest BCUT2D eigenvalue weighted by Gasteiger charge is -2.07. The zero-order chi connectivity index (χ0) is 20.1. The van der Waals surface area contributed by atoms with Crippen molar-refractivity contribution in [3.63, 3.8) is 0 Å². The number of rotatable bonds is 6. The molecule has 1 heterocycles. The SMILES string of the molecule is O=c1[nH]c(/C=C\c2cccc(OCc3ccc(F)cc3)c2)c([N+](=O)[O-])c(=O)[nH]1. The molecule has 2 N–H and O–H groups in total. The Kier molecular flexibility index (Phi) is 5.45. The standard InChI is InChI=1S/C19H14FN3O5/c20-14-7-4-13(5-8-14)11-28-15-3-1-2-12(10-15)6-9-16-17(23(26)27)18(24)22-19(25)21-16/h1-10H,11H2,(H2,21,22,24,25)/b9-6-. The molecule has 0 unspecified atom stereocenters. The summed E-state index contributed by atoms with van der Waals surface area (Å²) in [6, 6.07) is 12.7. The molecule has 0 aliphatic carbocycles. The lowest BCUT2D eigenvalue weighted by atomic mass is 10.2. The minimum atomic E-state index is -1.08. The van der Waals surface area contributed by atoms with Gasteiger partial charge in [0.05, 0.1) is 4.92 Å². The molecule has 8 nitrogen and oxygen atoms in total. The number of nitrogens with one attached hydrogen (secondary N) is 2. The van der Waals surface area contributed by atoms with E-state index in [9.17, 15) is 24.1 Å². The second-order valence-electron chi connectivity index (χ2n) is 5.75. The van der Waals surface area contributed by atoms with Gasteiger partial charge in [0, 0.05) is 0 Å². The van der Waals surface area contributed by atoms with Crippen molar-refractivity contribution in [3.8, 4) is 5.75 Å². The molecule has 9 heteroatoms. The molecule has 0 bridgehead atoms. The summed E-state index contributed by atoms with van der Waals surface area (Å²) < 4.78 is 18.6. The van der Waals surface area contributed by atoms with E-state index in [-0.39, 0.29) is 18.1 Å². The molecule has 0 spiro atoms. The van der Waals surface area contributed by atoms with Gasteiger partial charge in [-0.15, -0.1) is 0 Å². The van der Waals surface area contributed by atoms with Crippen molar-refractivity contribution in [3.05, 3.63) is 102 Å². The van der Waals surface area contributed by atoms with Crippen LogP contribution in [-0.4, -0.2) is 14.9 Å². The number of nitro groups is 1. The van der Waals surface area contributed by atoms with E-state index in [0.29, 0.717) is 11.3 Å². The van der Waals surface area contributed by atoms with Crippen LogP contribution >= 0.6 is 0 Å². The molecule has 1 aromatic heterocycles. The third-order valence-corrected chi connectivity index (χ3v) is 3.75. The van der Waals surface area contributed by atoms with E-state index in [0.717, 1.165) is 5.56 Å². The van der Waals surface area contributed by atoms with Crippen LogP contribution < -0.4 is 16.0 Å². The fraction of sp³-hybridized carbons (Fsp3) is 0.0526. The van der Waals surface area contributed by atoms with Gasteiger partial charge < -0.3 is 9.72 Å². The number of aromatic amines is 2. The summed E-state index contributed by atoms with van der Waals surface area (Å²) in [7, 11) is 0. The predicted molar refractivity (Wildman–Crippen MR) is 100 cm³/mol. The van der Waals surface area contributed by atoms with Gasteiger partial charge in [-0.05, 0) is 41.5 Å². The number of benzene rings is 2. The Bertz CT molecular complexity index is 1150. The van der Waals surface area contributed by atoms with Crippen LogP contribution in [0, 0.1) is 15.9 Å². The van der Waals surface area contributed by atoms with Crippen LogP contribution in [-0.2, 0) is 6.61 Å². The van der Waals surface area contributed by atoms with E-state index in [1.165, 1.54) is 24.3 Å². The van der Waals surface area contributed by atoms with Crippen LogP contribution in [0.2, 0.25) is 0 Å². The van der Waals surface area contributed by atoms with E-state index in [4.69, 9.17) is 4.74 Å². The highest BCUT2D eigenvalue weighted by molar-refractivity contribution is 5.72. The van der Waals surface area contributed by atoms with Crippen molar-refractivity contribution < 1.29 is 14.1 Å². The summed E-state index contributed by atoms with van der Waals surface area (Å²) in [5, 5.41) is 11.0. The molecule has 0 saturated heterocycles. The van der Waals surface area contributed by atoms with Gasteiger partial charge in [-0.3, -0.25) is 19.9 Å². The average molecular weight is 383 g/mol. The Morgan fingerprint density at radius 3 is 2.54 bits per heavy atom. The van der Waals surface area contributed by atoms with E-state index in [2.05, 4.69) is 4.98 Å². The van der Waals surface area contributed by atoms with Gasteiger partial charge in [0.25, 0.3) is 0 Å². The molecule has 0 radical (unpaired) electrons. The quantitative estimate of drug-likeness (QED) is 0.501. The molecule has 3 rings (SSSR count). The molecule has 28 heavy (non-hydrogen) atoms. The Balaban J connectivity index is 1.79. The van der Waals surface area contributed by atoms with Crippen molar-refractivity contribution in [2.45, 2.75) is 6.61 Å². The van der Waals surface area contributed by atoms with E-state index in [1.54, 1.807) is 36.4 Å². The maximum atomic E-state index is 12.9. The number of nitrogens with zero attached hydrogens (tertiary/aromatic N) is 1. The average Bonchev–Trinajstić information content (AvgIpc) is 2.65. The molecule has 0 saturated carbocycles. The summed E-state index contributed by atoms with van der Waals surface area (Å²) >= 11 is 0. The number of aromatic nitrogens is 2. The highest BCUT2D eigenvalue weighted by Crippen LogP contribution is 2.18. The lowest BCUT2D eigenvalue weighted by molar-refractivity contribution is -0.386. The highest BCUT2D eigenvalue weighted by atomic mass is 19.1. The Hall–Kier alpha value is -4.01. The van der Waals surface area contributed by atoms with Crippen LogP contribution in [0.4, 0.5) is 10.1 Å². The van der Waals surface area contributed by atoms with Crippen molar-refractivity contribution in [1.82, 2.24) is 9.97 Å². The smallest absolute Gasteiger partial charge is 0.357 e. The summed E-state index contributed by atoms with van der Waals surface area (Å²) in [5.41, 5.74) is -1.46. The van der Waals surface area contributed by atoms with Gasteiger partial charge in [-0.1, -0.05) is 30.3 Å². The van der Waals surface area contributed by atoms with Crippen molar-refractivity contribution in [2.75, 3.05) is 0 Å². The molecule has 142 valence electrons. The molecular weight excluding hydrogens is 369 g/mol. The van der Waals surface area contributed by atoms with Gasteiger partial charge >= 0.3 is 16.9 Å². The predicted octanol–water partition coefficient (Wildman–Crippen LogP) is 2.86. The van der Waals surface area contributed by atoms with E-state index < -0.39 is 21.9 Å². The van der Waals surface area contributed by atoms with Crippen LogP contribution in [0.1, 0.15) is 16.8 Å². The van der Waals surface area contributed by atoms with Crippen molar-refractivity contribution >= 4 is 17.8 Å². The zero-order valence-electron chi connectivity index (χ0n) is 14.3. The number of hydrogen-bond donors (Lipinski definition) is 2. The summed E-state index contributed by atoms with van der Waals surface area (Å²) in [5.74, 6) is 0.197. The van der Waals surface area contributed by atoms with Crippen molar-refractivity contribution in [1.29, 1.82) is 0 Å². The number of H-pyrrole nitrogens is 2. The fourth-order valence-electron chi connectivity index (χ4n) is 2.43. The van der Waals surface area contributed by atoms with Gasteiger partial charge in [-0.2, -0.15) is 0 Å². The van der Waals surface area contributed by atoms with Gasteiger partial charge in [0.15, 0.2) is 0 Å². The number of hydrogen-bond acceptors (Lipinski definition) is 5. The third kappa shape index (κ3) is 4.58. The Labute approximate surface area is 157 Å². The van der Waals surface area contributed by atoms with Crippen LogP contribution in [0.25, 0.3) is 12.2 Å². The first-order chi connectivity index (χ1) is 13.4. The molecule has 0 fully saturated rings. The van der Waals surface area contributed by atoms with Crippen LogP contribution in [0.3, 0.4) is 0 Å². The van der Waals surface area contributed by atoms with E-state index in [1.807, 2.05) is 4.98 Å². The first-order valence-corrected chi connectivity index (χ1v) is 8.09. The molecule has 2 aromatic carbocycles. The molecular formula is C19H14FN3O5. The van der Waals surface area contributed by atoms with Gasteiger partial charge in [0.2, 0.25) is 0 Å². The van der Waals surface area contributed by atoms with Crippen LogP contribution in [0.15, 0.2) is 58.1 Å². The van der Waals surface area contributed by atoms with Crippen molar-refractivity contribution in [2.24, 2.45) is 0 Å². The second-order valence-corrected chi connectivity index (χ2v) is 5.75. The summed E-state index contributed by atoms with van der Waals surface area (Å²) in [4.78, 5) is 37.2. The van der Waals surface area contributed by atoms with Gasteiger partial charge in [0.1, 0.15) is 23.9 Å². The molecule has 0 aliphatic rings. The molecule has 0 amide bonds. The summed E-state index contributed by atoms with van der Waals surface area (Å²) in [6.07, 6.45) is 2.77. The first-order valence-electron chi connectivity index (χ1n) is 8.09. The zero-order valence-corrected chi connectivity index (χ0v) is 14.3. The maximum Gasteiger partial charge on any atom is 0.357 e. The normalized spacial score (nSPS) is 10.9.